The van der Waals surface area contributed by atoms with Crippen molar-refractivity contribution in [1.29, 1.82) is 0 Å². The Hall–Kier alpha value is -0.120. The summed E-state index contributed by atoms with van der Waals surface area (Å²) in [4.78, 5) is 2.55. The predicted molar refractivity (Wildman–Crippen MR) is 73.2 cm³/mol. The van der Waals surface area contributed by atoms with Gasteiger partial charge in [-0.05, 0) is 39.7 Å². The van der Waals surface area contributed by atoms with Crippen LogP contribution in [-0.2, 0) is 4.74 Å². The summed E-state index contributed by atoms with van der Waals surface area (Å²) in [7, 11) is 0. The van der Waals surface area contributed by atoms with Crippen molar-refractivity contribution in [3.63, 3.8) is 0 Å². The van der Waals surface area contributed by atoms with Gasteiger partial charge < -0.3 is 10.5 Å². The van der Waals surface area contributed by atoms with Crippen LogP contribution < -0.4 is 5.73 Å². The molecule has 0 aromatic heterocycles. The zero-order valence-corrected chi connectivity index (χ0v) is 11.8. The fourth-order valence-corrected chi connectivity index (χ4v) is 2.47. The first-order valence-corrected chi connectivity index (χ1v) is 7.27. The molecule has 0 aromatic carbocycles. The lowest BCUT2D eigenvalue weighted by molar-refractivity contribution is 0.0203. The Labute approximate surface area is 107 Å². The average molecular weight is 242 g/mol. The van der Waals surface area contributed by atoms with Crippen molar-refractivity contribution in [3.8, 4) is 0 Å². The van der Waals surface area contributed by atoms with Gasteiger partial charge in [0.2, 0.25) is 0 Å². The van der Waals surface area contributed by atoms with E-state index >= 15 is 0 Å². The summed E-state index contributed by atoms with van der Waals surface area (Å²) in [5, 5.41) is 0. The van der Waals surface area contributed by atoms with Gasteiger partial charge in [-0.25, -0.2) is 0 Å². The summed E-state index contributed by atoms with van der Waals surface area (Å²) >= 11 is 0. The molecule has 1 fully saturated rings. The highest BCUT2D eigenvalue weighted by atomic mass is 16.5. The third-order valence-electron chi connectivity index (χ3n) is 3.68. The minimum atomic E-state index is 0.310. The van der Waals surface area contributed by atoms with E-state index in [9.17, 15) is 0 Å². The SMILES string of the molecule is CCCCCN(CC1CCC(CN)O1)C(C)C. The van der Waals surface area contributed by atoms with Crippen molar-refractivity contribution < 1.29 is 4.74 Å². The van der Waals surface area contributed by atoms with Crippen LogP contribution in [-0.4, -0.2) is 42.8 Å². The van der Waals surface area contributed by atoms with Gasteiger partial charge in [0.1, 0.15) is 0 Å². The topological polar surface area (TPSA) is 38.5 Å². The van der Waals surface area contributed by atoms with Gasteiger partial charge in [0.05, 0.1) is 12.2 Å². The Balaban J connectivity index is 2.28. The van der Waals surface area contributed by atoms with Crippen LogP contribution in [0.4, 0.5) is 0 Å². The molecule has 0 radical (unpaired) electrons. The molecule has 1 heterocycles. The number of ether oxygens (including phenoxy) is 1. The first-order chi connectivity index (χ1) is 8.17. The van der Waals surface area contributed by atoms with Crippen molar-refractivity contribution in [1.82, 2.24) is 4.90 Å². The van der Waals surface area contributed by atoms with Crippen molar-refractivity contribution in [2.24, 2.45) is 5.73 Å². The molecule has 1 aliphatic heterocycles. The second-order valence-corrected chi connectivity index (χ2v) is 5.49. The van der Waals surface area contributed by atoms with E-state index in [2.05, 4.69) is 25.7 Å². The normalized spacial score (nSPS) is 25.1. The molecule has 1 saturated heterocycles. The molecule has 0 aliphatic carbocycles. The lowest BCUT2D eigenvalue weighted by Crippen LogP contribution is -2.38. The maximum atomic E-state index is 5.93. The van der Waals surface area contributed by atoms with E-state index < -0.39 is 0 Å². The van der Waals surface area contributed by atoms with E-state index in [1.165, 1.54) is 32.2 Å². The molecule has 1 rings (SSSR count). The van der Waals surface area contributed by atoms with Crippen molar-refractivity contribution in [2.45, 2.75) is 71.1 Å². The van der Waals surface area contributed by atoms with Crippen molar-refractivity contribution in [3.05, 3.63) is 0 Å². The first kappa shape index (κ1) is 14.9. The van der Waals surface area contributed by atoms with Crippen LogP contribution in [0.5, 0.6) is 0 Å². The molecule has 17 heavy (non-hydrogen) atoms. The summed E-state index contributed by atoms with van der Waals surface area (Å²) in [5.41, 5.74) is 5.65. The van der Waals surface area contributed by atoms with Crippen LogP contribution in [0.25, 0.3) is 0 Å². The zero-order valence-electron chi connectivity index (χ0n) is 11.8. The van der Waals surface area contributed by atoms with Gasteiger partial charge in [-0.1, -0.05) is 19.8 Å². The monoisotopic (exact) mass is 242 g/mol. The van der Waals surface area contributed by atoms with Gasteiger partial charge in [-0.3, -0.25) is 4.90 Å². The standard InChI is InChI=1S/C14H30N2O/c1-4-5-6-9-16(12(2)3)11-14-8-7-13(10-15)17-14/h12-14H,4-11,15H2,1-3H3. The molecule has 102 valence electrons. The second kappa shape index (κ2) is 8.06. The van der Waals surface area contributed by atoms with Crippen LogP contribution in [0.1, 0.15) is 52.9 Å². The van der Waals surface area contributed by atoms with Crippen LogP contribution in [0.2, 0.25) is 0 Å². The van der Waals surface area contributed by atoms with E-state index in [0.29, 0.717) is 24.8 Å². The van der Waals surface area contributed by atoms with E-state index in [4.69, 9.17) is 10.5 Å². The number of hydrogen-bond donors (Lipinski definition) is 1. The minimum absolute atomic E-state index is 0.310. The van der Waals surface area contributed by atoms with Crippen LogP contribution >= 0.6 is 0 Å². The molecule has 2 unspecified atom stereocenters. The summed E-state index contributed by atoms with van der Waals surface area (Å²) in [6.45, 7) is 9.78. The van der Waals surface area contributed by atoms with E-state index in [1.54, 1.807) is 0 Å². The van der Waals surface area contributed by atoms with Gasteiger partial charge in [-0.15, -0.1) is 0 Å². The quantitative estimate of drug-likeness (QED) is 0.664. The summed E-state index contributed by atoms with van der Waals surface area (Å²) in [6.07, 6.45) is 6.97. The number of hydrogen-bond acceptors (Lipinski definition) is 3. The maximum Gasteiger partial charge on any atom is 0.0707 e. The number of unbranched alkanes of at least 4 members (excludes halogenated alkanes) is 2. The van der Waals surface area contributed by atoms with Crippen LogP contribution in [0.3, 0.4) is 0 Å². The summed E-state index contributed by atoms with van der Waals surface area (Å²) in [5.74, 6) is 0. The smallest absolute Gasteiger partial charge is 0.0707 e. The molecule has 2 atom stereocenters. The molecule has 3 heteroatoms. The first-order valence-electron chi connectivity index (χ1n) is 7.27. The lowest BCUT2D eigenvalue weighted by Gasteiger charge is -2.29. The van der Waals surface area contributed by atoms with E-state index in [1.807, 2.05) is 0 Å². The van der Waals surface area contributed by atoms with Crippen LogP contribution in [0, 0.1) is 0 Å². The Kier molecular flexibility index (Phi) is 7.09. The highest BCUT2D eigenvalue weighted by molar-refractivity contribution is 4.78. The van der Waals surface area contributed by atoms with Crippen molar-refractivity contribution in [2.75, 3.05) is 19.6 Å². The van der Waals surface area contributed by atoms with E-state index in [-0.39, 0.29) is 0 Å². The summed E-state index contributed by atoms with van der Waals surface area (Å²) < 4.78 is 5.93. The lowest BCUT2D eigenvalue weighted by atomic mass is 10.1. The Morgan fingerprint density at radius 2 is 1.94 bits per heavy atom. The molecule has 0 bridgehead atoms. The molecule has 0 amide bonds. The fourth-order valence-electron chi connectivity index (χ4n) is 2.47. The minimum Gasteiger partial charge on any atom is -0.372 e. The Bertz CT molecular complexity index is 197. The van der Waals surface area contributed by atoms with Crippen LogP contribution in [0.15, 0.2) is 0 Å². The third kappa shape index (κ3) is 5.36. The maximum absolute atomic E-state index is 5.93. The number of nitrogens with two attached hydrogens (primary N) is 1. The molecule has 1 aliphatic rings. The van der Waals surface area contributed by atoms with E-state index in [0.717, 1.165) is 13.0 Å². The molecule has 0 aromatic rings. The Morgan fingerprint density at radius 1 is 1.24 bits per heavy atom. The van der Waals surface area contributed by atoms with Gasteiger partial charge in [0.25, 0.3) is 0 Å². The van der Waals surface area contributed by atoms with Crippen molar-refractivity contribution >= 4 is 0 Å². The van der Waals surface area contributed by atoms with Gasteiger partial charge in [0, 0.05) is 19.1 Å². The fraction of sp³-hybridized carbons (Fsp3) is 1.00. The highest BCUT2D eigenvalue weighted by Gasteiger charge is 2.26. The average Bonchev–Trinajstić information content (AvgIpc) is 2.75. The zero-order chi connectivity index (χ0) is 12.7. The van der Waals surface area contributed by atoms with Gasteiger partial charge in [-0.2, -0.15) is 0 Å². The molecule has 3 nitrogen and oxygen atoms in total. The highest BCUT2D eigenvalue weighted by Crippen LogP contribution is 2.20. The molecule has 0 spiro atoms. The third-order valence-corrected chi connectivity index (χ3v) is 3.68. The predicted octanol–water partition coefficient (Wildman–Crippen LogP) is 2.39. The number of nitrogens with zero attached hydrogens (tertiary/aromatic N) is 1. The number of rotatable bonds is 8. The molecular weight excluding hydrogens is 212 g/mol. The molecular formula is C14H30N2O. The second-order valence-electron chi connectivity index (χ2n) is 5.49. The molecule has 0 saturated carbocycles. The Morgan fingerprint density at radius 3 is 2.47 bits per heavy atom. The summed E-state index contributed by atoms with van der Waals surface area (Å²) in [6, 6.07) is 0.618. The molecule has 2 N–H and O–H groups in total. The van der Waals surface area contributed by atoms with Gasteiger partial charge >= 0.3 is 0 Å². The van der Waals surface area contributed by atoms with Gasteiger partial charge in [0.15, 0.2) is 0 Å². The largest absolute Gasteiger partial charge is 0.372 e.